The highest BCUT2D eigenvalue weighted by molar-refractivity contribution is 5.47. The quantitative estimate of drug-likeness (QED) is 0.407. The molecule has 118 valence electrons. The van der Waals surface area contributed by atoms with Gasteiger partial charge >= 0.3 is 0 Å². The zero-order valence-corrected chi connectivity index (χ0v) is 13.1. The molecule has 6 heteroatoms. The number of aromatic nitrogens is 2. The maximum absolute atomic E-state index is 5.89. The van der Waals surface area contributed by atoms with E-state index < -0.39 is 0 Å². The summed E-state index contributed by atoms with van der Waals surface area (Å²) in [6.45, 7) is 5.57. The minimum Gasteiger partial charge on any atom is -0.376 e. The van der Waals surface area contributed by atoms with Gasteiger partial charge in [0.2, 0.25) is 0 Å². The van der Waals surface area contributed by atoms with Crippen molar-refractivity contribution in [3.8, 4) is 0 Å². The monoisotopic (exact) mass is 293 g/mol. The van der Waals surface area contributed by atoms with Crippen LogP contribution in [0.25, 0.3) is 0 Å². The summed E-state index contributed by atoms with van der Waals surface area (Å²) in [4.78, 5) is 8.83. The van der Waals surface area contributed by atoms with Crippen LogP contribution in [0.4, 0.5) is 11.6 Å². The number of hydrogen-bond acceptors (Lipinski definition) is 6. The van der Waals surface area contributed by atoms with E-state index in [2.05, 4.69) is 34.6 Å². The molecule has 0 radical (unpaired) electrons. The molecule has 6 nitrogen and oxygen atoms in total. The van der Waals surface area contributed by atoms with Crippen molar-refractivity contribution in [1.29, 1.82) is 0 Å². The predicted octanol–water partition coefficient (Wildman–Crippen LogP) is 2.65. The summed E-state index contributed by atoms with van der Waals surface area (Å²) in [6.07, 6.45) is 6.80. The van der Waals surface area contributed by atoms with Gasteiger partial charge in [-0.2, -0.15) is 0 Å². The molecule has 4 N–H and O–H groups in total. The van der Waals surface area contributed by atoms with Gasteiger partial charge in [-0.3, -0.25) is 0 Å². The number of nitrogen functional groups attached to an aromatic ring is 1. The van der Waals surface area contributed by atoms with Crippen LogP contribution < -0.4 is 16.6 Å². The molecule has 1 saturated carbocycles. The van der Waals surface area contributed by atoms with Gasteiger partial charge in [-0.05, 0) is 12.8 Å². The summed E-state index contributed by atoms with van der Waals surface area (Å²) in [7, 11) is 0. The van der Waals surface area contributed by atoms with E-state index >= 15 is 0 Å². The van der Waals surface area contributed by atoms with Crippen molar-refractivity contribution in [3.05, 3.63) is 11.9 Å². The van der Waals surface area contributed by atoms with Gasteiger partial charge in [0.1, 0.15) is 17.5 Å². The summed E-state index contributed by atoms with van der Waals surface area (Å²) in [5, 5.41) is 3.28. The first-order valence-corrected chi connectivity index (χ1v) is 7.90. The Labute approximate surface area is 126 Å². The van der Waals surface area contributed by atoms with Crippen molar-refractivity contribution in [2.75, 3.05) is 23.9 Å². The zero-order valence-electron chi connectivity index (χ0n) is 13.1. The molecule has 1 aliphatic rings. The molecule has 1 aliphatic carbocycles. The molecule has 0 amide bonds. The third kappa shape index (κ3) is 5.13. The lowest BCUT2D eigenvalue weighted by atomic mass is 9.98. The summed E-state index contributed by atoms with van der Waals surface area (Å²) in [6, 6.07) is 1.81. The molecular formula is C15H27N5O. The lowest BCUT2D eigenvalue weighted by Gasteiger charge is -2.22. The molecule has 0 unspecified atom stereocenters. The maximum Gasteiger partial charge on any atom is 0.145 e. The summed E-state index contributed by atoms with van der Waals surface area (Å²) < 4.78 is 5.89. The number of hydrazine groups is 1. The van der Waals surface area contributed by atoms with Gasteiger partial charge in [-0.25, -0.2) is 15.8 Å². The topological polar surface area (TPSA) is 85.1 Å². The molecular weight excluding hydrogens is 266 g/mol. The number of anilines is 2. The molecule has 0 aromatic carbocycles. The molecule has 0 bridgehead atoms. The normalized spacial score (nSPS) is 16.2. The predicted molar refractivity (Wildman–Crippen MR) is 85.2 cm³/mol. The number of nitrogens with one attached hydrogen (secondary N) is 2. The Kier molecular flexibility index (Phi) is 6.20. The maximum atomic E-state index is 5.89. The highest BCUT2D eigenvalue weighted by Crippen LogP contribution is 2.20. The van der Waals surface area contributed by atoms with E-state index in [1.807, 2.05) is 6.07 Å². The third-order valence-corrected chi connectivity index (χ3v) is 3.72. The van der Waals surface area contributed by atoms with Crippen molar-refractivity contribution >= 4 is 11.6 Å². The smallest absolute Gasteiger partial charge is 0.145 e. The Morgan fingerprint density at radius 1 is 1.24 bits per heavy atom. The van der Waals surface area contributed by atoms with Crippen LogP contribution in [0.15, 0.2) is 6.07 Å². The molecule has 2 rings (SSSR count). The van der Waals surface area contributed by atoms with E-state index in [9.17, 15) is 0 Å². The van der Waals surface area contributed by atoms with Crippen LogP contribution in [-0.2, 0) is 4.74 Å². The van der Waals surface area contributed by atoms with Crippen LogP contribution in [0, 0.1) is 0 Å². The molecule has 0 spiro atoms. The second-order valence-electron chi connectivity index (χ2n) is 5.85. The summed E-state index contributed by atoms with van der Waals surface area (Å²) in [5.41, 5.74) is 2.58. The minimum absolute atomic E-state index is 0.261. The summed E-state index contributed by atoms with van der Waals surface area (Å²) in [5.74, 6) is 7.90. The average Bonchev–Trinajstić information content (AvgIpc) is 2.52. The first-order chi connectivity index (χ1) is 10.2. The largest absolute Gasteiger partial charge is 0.376 e. The summed E-state index contributed by atoms with van der Waals surface area (Å²) >= 11 is 0. The molecule has 21 heavy (non-hydrogen) atoms. The number of nitrogens with two attached hydrogens (primary N) is 1. The lowest BCUT2D eigenvalue weighted by Crippen LogP contribution is -2.21. The highest BCUT2D eigenvalue weighted by atomic mass is 16.5. The Morgan fingerprint density at radius 2 is 1.95 bits per heavy atom. The van der Waals surface area contributed by atoms with E-state index in [1.54, 1.807) is 0 Å². The minimum atomic E-state index is 0.261. The van der Waals surface area contributed by atoms with E-state index in [0.717, 1.165) is 18.2 Å². The van der Waals surface area contributed by atoms with Gasteiger partial charge < -0.3 is 15.5 Å². The van der Waals surface area contributed by atoms with E-state index in [4.69, 9.17) is 10.6 Å². The first kappa shape index (κ1) is 16.0. The van der Waals surface area contributed by atoms with Crippen LogP contribution >= 0.6 is 0 Å². The molecule has 1 aromatic heterocycles. The van der Waals surface area contributed by atoms with Crippen molar-refractivity contribution in [3.63, 3.8) is 0 Å². The Hall–Kier alpha value is -1.40. The van der Waals surface area contributed by atoms with Gasteiger partial charge in [0, 0.05) is 18.5 Å². The average molecular weight is 293 g/mol. The second-order valence-corrected chi connectivity index (χ2v) is 5.85. The van der Waals surface area contributed by atoms with Gasteiger partial charge in [0.05, 0.1) is 12.7 Å². The highest BCUT2D eigenvalue weighted by Gasteiger charge is 2.13. The van der Waals surface area contributed by atoms with Crippen molar-refractivity contribution in [2.24, 2.45) is 5.84 Å². The SMILES string of the molecule is CC(C)c1nc(NN)cc(NCCOC2CCCCC2)n1. The molecule has 0 saturated heterocycles. The van der Waals surface area contributed by atoms with Crippen LogP contribution in [0.3, 0.4) is 0 Å². The molecule has 1 aromatic rings. The molecule has 0 aliphatic heterocycles. The van der Waals surface area contributed by atoms with Gasteiger partial charge in [0.25, 0.3) is 0 Å². The van der Waals surface area contributed by atoms with Crippen molar-refractivity contribution < 1.29 is 4.74 Å². The van der Waals surface area contributed by atoms with Crippen LogP contribution in [0.1, 0.15) is 57.7 Å². The fraction of sp³-hybridized carbons (Fsp3) is 0.733. The molecule has 1 fully saturated rings. The Bertz CT molecular complexity index is 432. The first-order valence-electron chi connectivity index (χ1n) is 7.90. The van der Waals surface area contributed by atoms with E-state index in [0.29, 0.717) is 18.5 Å². The second kappa shape index (κ2) is 8.14. The Morgan fingerprint density at radius 3 is 2.62 bits per heavy atom. The van der Waals surface area contributed by atoms with Gasteiger partial charge in [-0.1, -0.05) is 33.1 Å². The fourth-order valence-corrected chi connectivity index (χ4v) is 2.53. The van der Waals surface area contributed by atoms with Gasteiger partial charge in [0.15, 0.2) is 0 Å². The van der Waals surface area contributed by atoms with Crippen LogP contribution in [-0.4, -0.2) is 29.2 Å². The van der Waals surface area contributed by atoms with Crippen LogP contribution in [0.2, 0.25) is 0 Å². The van der Waals surface area contributed by atoms with Gasteiger partial charge in [-0.15, -0.1) is 0 Å². The van der Waals surface area contributed by atoms with E-state index in [-0.39, 0.29) is 5.92 Å². The number of hydrogen-bond donors (Lipinski definition) is 3. The van der Waals surface area contributed by atoms with Crippen molar-refractivity contribution in [1.82, 2.24) is 9.97 Å². The zero-order chi connectivity index (χ0) is 15.1. The third-order valence-electron chi connectivity index (χ3n) is 3.72. The number of ether oxygens (including phenoxy) is 1. The lowest BCUT2D eigenvalue weighted by molar-refractivity contribution is 0.0347. The molecule has 1 heterocycles. The van der Waals surface area contributed by atoms with Crippen molar-refractivity contribution in [2.45, 2.75) is 58.0 Å². The number of rotatable bonds is 7. The Balaban J connectivity index is 1.80. The van der Waals surface area contributed by atoms with Crippen LogP contribution in [0.5, 0.6) is 0 Å². The molecule has 0 atom stereocenters. The van der Waals surface area contributed by atoms with E-state index in [1.165, 1.54) is 32.1 Å². The number of nitrogens with zero attached hydrogens (tertiary/aromatic N) is 2. The standard InChI is InChI=1S/C15H27N5O/c1-11(2)15-18-13(10-14(19-15)20-16)17-8-9-21-12-6-4-3-5-7-12/h10-12H,3-9,16H2,1-2H3,(H2,17,18,19,20). The fourth-order valence-electron chi connectivity index (χ4n) is 2.53.